The third-order valence-electron chi connectivity index (χ3n) is 4.17. The predicted molar refractivity (Wildman–Crippen MR) is 86.3 cm³/mol. The maximum Gasteiger partial charge on any atom is 0.297 e. The van der Waals surface area contributed by atoms with Crippen molar-refractivity contribution in [3.05, 3.63) is 29.8 Å². The molecule has 2 atom stereocenters. The lowest BCUT2D eigenvalue weighted by atomic mass is 9.97. The minimum Gasteiger partial charge on any atom is -0.364 e. The van der Waals surface area contributed by atoms with E-state index in [0.717, 1.165) is 24.8 Å². The lowest BCUT2D eigenvalue weighted by Gasteiger charge is -2.09. The average molecular weight is 326 g/mol. The molecule has 124 valence electrons. The van der Waals surface area contributed by atoms with E-state index in [1.54, 1.807) is 24.3 Å². The van der Waals surface area contributed by atoms with E-state index in [2.05, 4.69) is 13.8 Å². The van der Waals surface area contributed by atoms with Crippen molar-refractivity contribution in [2.45, 2.75) is 63.6 Å². The zero-order valence-corrected chi connectivity index (χ0v) is 14.7. The molecule has 5 heteroatoms. The summed E-state index contributed by atoms with van der Waals surface area (Å²) in [4.78, 5) is 0.195. The van der Waals surface area contributed by atoms with Crippen molar-refractivity contribution in [3.8, 4) is 0 Å². The van der Waals surface area contributed by atoms with Crippen LogP contribution in [-0.4, -0.2) is 26.7 Å². The fourth-order valence-corrected chi connectivity index (χ4v) is 3.42. The first kappa shape index (κ1) is 17.4. The van der Waals surface area contributed by atoms with Gasteiger partial charge in [-0.25, -0.2) is 0 Å². The van der Waals surface area contributed by atoms with Gasteiger partial charge in [0.2, 0.25) is 0 Å². The summed E-state index contributed by atoms with van der Waals surface area (Å²) >= 11 is 0. The van der Waals surface area contributed by atoms with Crippen LogP contribution in [0.5, 0.6) is 0 Å². The van der Waals surface area contributed by atoms with Gasteiger partial charge in [0.15, 0.2) is 0 Å². The van der Waals surface area contributed by atoms with Crippen LogP contribution in [0.25, 0.3) is 0 Å². The van der Waals surface area contributed by atoms with Crippen LogP contribution < -0.4 is 0 Å². The van der Waals surface area contributed by atoms with Gasteiger partial charge in [-0.1, -0.05) is 44.4 Å². The molecule has 0 saturated carbocycles. The van der Waals surface area contributed by atoms with Gasteiger partial charge in [0, 0.05) is 0 Å². The van der Waals surface area contributed by atoms with Gasteiger partial charge in [-0.3, -0.25) is 4.18 Å². The van der Waals surface area contributed by atoms with Crippen molar-refractivity contribution >= 4 is 10.1 Å². The number of hydrogen-bond acceptors (Lipinski definition) is 4. The molecule has 1 heterocycles. The molecule has 1 aliphatic heterocycles. The molecule has 2 rings (SSSR count). The molecule has 1 saturated heterocycles. The summed E-state index contributed by atoms with van der Waals surface area (Å²) in [5.74, 6) is 0.680. The molecule has 4 nitrogen and oxygen atoms in total. The Morgan fingerprint density at radius 3 is 2.50 bits per heavy atom. The van der Waals surface area contributed by atoms with Crippen LogP contribution in [0.4, 0.5) is 0 Å². The van der Waals surface area contributed by atoms with Crippen molar-refractivity contribution in [1.82, 2.24) is 0 Å². The topological polar surface area (TPSA) is 55.9 Å². The fourth-order valence-electron chi connectivity index (χ4n) is 2.51. The summed E-state index contributed by atoms with van der Waals surface area (Å²) in [6.45, 7) is 8.43. The molecule has 0 spiro atoms. The first-order valence-corrected chi connectivity index (χ1v) is 9.28. The zero-order chi connectivity index (χ0) is 16.4. The number of rotatable bonds is 8. The smallest absolute Gasteiger partial charge is 0.297 e. The van der Waals surface area contributed by atoms with Gasteiger partial charge in [0.1, 0.15) is 6.10 Å². The van der Waals surface area contributed by atoms with E-state index in [-0.39, 0.29) is 23.2 Å². The first-order chi connectivity index (χ1) is 10.2. The van der Waals surface area contributed by atoms with Gasteiger partial charge < -0.3 is 4.74 Å². The number of benzene rings is 1. The Balaban J connectivity index is 1.82. The minimum absolute atomic E-state index is 0.0917. The summed E-state index contributed by atoms with van der Waals surface area (Å²) < 4.78 is 35.0. The van der Waals surface area contributed by atoms with Gasteiger partial charge in [0.25, 0.3) is 10.1 Å². The van der Waals surface area contributed by atoms with E-state index in [1.807, 2.05) is 13.8 Å². The highest BCUT2D eigenvalue weighted by Crippen LogP contribution is 2.41. The molecule has 0 radical (unpaired) electrons. The highest BCUT2D eigenvalue weighted by atomic mass is 32.2. The van der Waals surface area contributed by atoms with E-state index in [4.69, 9.17) is 8.92 Å². The van der Waals surface area contributed by atoms with Gasteiger partial charge >= 0.3 is 0 Å². The van der Waals surface area contributed by atoms with E-state index in [1.165, 1.54) is 0 Å². The molecule has 1 fully saturated rings. The number of aryl methyl sites for hydroxylation is 1. The Kier molecular flexibility index (Phi) is 5.30. The molecule has 0 amide bonds. The van der Waals surface area contributed by atoms with E-state index < -0.39 is 10.1 Å². The molecule has 1 aromatic rings. The molecular weight excluding hydrogens is 300 g/mol. The lowest BCUT2D eigenvalue weighted by molar-refractivity contribution is 0.250. The minimum atomic E-state index is -3.70. The molecule has 0 aromatic heterocycles. The van der Waals surface area contributed by atoms with Gasteiger partial charge in [-0.05, 0) is 38.3 Å². The Bertz CT molecular complexity index is 592. The highest BCUT2D eigenvalue weighted by molar-refractivity contribution is 7.86. The normalized spacial score (nSPS) is 24.7. The summed E-state index contributed by atoms with van der Waals surface area (Å²) in [6, 6.07) is 6.67. The van der Waals surface area contributed by atoms with E-state index in [9.17, 15) is 8.42 Å². The van der Waals surface area contributed by atoms with Crippen LogP contribution >= 0.6 is 0 Å². The van der Waals surface area contributed by atoms with Crippen LogP contribution in [0.2, 0.25) is 0 Å². The Morgan fingerprint density at radius 1 is 1.27 bits per heavy atom. The monoisotopic (exact) mass is 326 g/mol. The average Bonchev–Trinajstić information content (AvgIpc) is 3.07. The molecule has 1 aromatic carbocycles. The van der Waals surface area contributed by atoms with Gasteiger partial charge in [0.05, 0.1) is 17.1 Å². The maximum atomic E-state index is 12.1. The van der Waals surface area contributed by atoms with Gasteiger partial charge in [-0.2, -0.15) is 8.42 Å². The van der Waals surface area contributed by atoms with Crippen molar-refractivity contribution in [3.63, 3.8) is 0 Å². The second kappa shape index (κ2) is 6.69. The highest BCUT2D eigenvalue weighted by Gasteiger charge is 2.52. The summed E-state index contributed by atoms with van der Waals surface area (Å²) in [7, 11) is -3.70. The number of epoxide rings is 1. The molecule has 1 aliphatic rings. The summed E-state index contributed by atoms with van der Waals surface area (Å²) in [5, 5.41) is 0. The molecule has 22 heavy (non-hydrogen) atoms. The molecule has 0 aliphatic carbocycles. The number of hydrogen-bond donors (Lipinski definition) is 0. The Labute approximate surface area is 134 Å². The van der Waals surface area contributed by atoms with Crippen molar-refractivity contribution < 1.29 is 17.3 Å². The largest absolute Gasteiger partial charge is 0.364 e. The van der Waals surface area contributed by atoms with Crippen molar-refractivity contribution in [1.29, 1.82) is 0 Å². The lowest BCUT2D eigenvalue weighted by Crippen LogP contribution is -2.17. The van der Waals surface area contributed by atoms with Crippen LogP contribution in [0.3, 0.4) is 0 Å². The third-order valence-corrected chi connectivity index (χ3v) is 5.47. The van der Waals surface area contributed by atoms with Crippen molar-refractivity contribution in [2.75, 3.05) is 6.61 Å². The molecule has 0 unspecified atom stereocenters. The van der Waals surface area contributed by atoms with Crippen LogP contribution in [-0.2, 0) is 19.0 Å². The van der Waals surface area contributed by atoms with Crippen LogP contribution in [0, 0.1) is 12.8 Å². The second-order valence-electron chi connectivity index (χ2n) is 6.76. The van der Waals surface area contributed by atoms with Gasteiger partial charge in [-0.15, -0.1) is 0 Å². The first-order valence-electron chi connectivity index (χ1n) is 7.87. The van der Waals surface area contributed by atoms with E-state index >= 15 is 0 Å². The quantitative estimate of drug-likeness (QED) is 0.540. The van der Waals surface area contributed by atoms with E-state index in [0.29, 0.717) is 5.92 Å². The summed E-state index contributed by atoms with van der Waals surface area (Å²) in [5.41, 5.74) is 0.791. The zero-order valence-electron chi connectivity index (χ0n) is 13.8. The number of ether oxygens (including phenoxy) is 1. The standard InChI is InChI=1S/C17H26O4S/c1-13(2)6-5-11-17(4)16(21-17)12-20-22(18,19)15-9-7-14(3)8-10-15/h7-10,13,16H,5-6,11-12H2,1-4H3/t16-,17-/m0/s1. The summed E-state index contributed by atoms with van der Waals surface area (Å²) in [6.07, 6.45) is 3.08. The maximum absolute atomic E-state index is 12.1. The molecule has 0 N–H and O–H groups in total. The van der Waals surface area contributed by atoms with Crippen LogP contribution in [0.1, 0.15) is 45.6 Å². The Hall–Kier alpha value is -0.910. The fraction of sp³-hybridized carbons (Fsp3) is 0.647. The predicted octanol–water partition coefficient (Wildman–Crippen LogP) is 3.68. The third kappa shape index (κ3) is 4.54. The molecular formula is C17H26O4S. The molecule has 0 bridgehead atoms. The van der Waals surface area contributed by atoms with Crippen molar-refractivity contribution in [2.24, 2.45) is 5.92 Å². The second-order valence-corrected chi connectivity index (χ2v) is 8.37. The SMILES string of the molecule is Cc1ccc(S(=O)(=O)OC[C@@H]2O[C@@]2(C)CCCC(C)C)cc1. The van der Waals surface area contributed by atoms with Crippen LogP contribution in [0.15, 0.2) is 29.2 Å². The Morgan fingerprint density at radius 2 is 1.91 bits per heavy atom.